The van der Waals surface area contributed by atoms with Crippen molar-refractivity contribution in [3.8, 4) is 0 Å². The summed E-state index contributed by atoms with van der Waals surface area (Å²) in [5, 5.41) is 1.11. The number of benzene rings is 1. The molecule has 0 unspecified atom stereocenters. The first-order valence-corrected chi connectivity index (χ1v) is 7.01. The fourth-order valence-electron chi connectivity index (χ4n) is 1.61. The predicted molar refractivity (Wildman–Crippen MR) is 57.6 cm³/mol. The molecule has 0 aliphatic heterocycles. The van der Waals surface area contributed by atoms with E-state index in [2.05, 4.69) is 18.2 Å². The normalized spacial score (nSPS) is 15.4. The molecule has 13 heavy (non-hydrogen) atoms. The van der Waals surface area contributed by atoms with Crippen LogP contribution in [0, 0.1) is 0 Å². The molecule has 2 rings (SSSR count). The molecule has 0 spiro atoms. The SMILES string of the molecule is CP(C)(=O)C1=Cc2ccccc2C1. The van der Waals surface area contributed by atoms with Gasteiger partial charge in [-0.15, -0.1) is 0 Å². The van der Waals surface area contributed by atoms with Crippen LogP contribution in [0.4, 0.5) is 0 Å². The molecule has 0 saturated carbocycles. The van der Waals surface area contributed by atoms with Crippen LogP contribution in [0.5, 0.6) is 0 Å². The summed E-state index contributed by atoms with van der Waals surface area (Å²) in [5.74, 6) is 0. The third-order valence-corrected chi connectivity index (χ3v) is 4.11. The molecule has 1 nitrogen and oxygen atoms in total. The van der Waals surface area contributed by atoms with Crippen LogP contribution in [0.2, 0.25) is 0 Å². The minimum absolute atomic E-state index is 0.875. The second-order valence-electron chi connectivity index (χ2n) is 3.86. The molecule has 0 atom stereocenters. The maximum atomic E-state index is 11.8. The molecule has 0 fully saturated rings. The lowest BCUT2D eigenvalue weighted by Gasteiger charge is -2.06. The minimum atomic E-state index is -2.03. The lowest BCUT2D eigenvalue weighted by atomic mass is 10.1. The van der Waals surface area contributed by atoms with E-state index in [4.69, 9.17) is 0 Å². The Morgan fingerprint density at radius 2 is 1.92 bits per heavy atom. The highest BCUT2D eigenvalue weighted by atomic mass is 31.2. The van der Waals surface area contributed by atoms with Gasteiger partial charge in [0, 0.05) is 6.42 Å². The molecule has 0 bridgehead atoms. The second-order valence-corrected chi connectivity index (χ2v) is 7.14. The third kappa shape index (κ3) is 1.62. The summed E-state index contributed by atoms with van der Waals surface area (Å²) >= 11 is 0. The van der Waals surface area contributed by atoms with Crippen LogP contribution in [-0.4, -0.2) is 13.3 Å². The van der Waals surface area contributed by atoms with Crippen molar-refractivity contribution < 1.29 is 4.57 Å². The van der Waals surface area contributed by atoms with E-state index in [9.17, 15) is 4.57 Å². The van der Waals surface area contributed by atoms with Crippen molar-refractivity contribution in [2.45, 2.75) is 6.42 Å². The molecular formula is C11H13OP. The molecule has 0 saturated heterocycles. The first-order valence-electron chi connectivity index (χ1n) is 4.41. The second kappa shape index (κ2) is 2.85. The first kappa shape index (κ1) is 8.77. The highest BCUT2D eigenvalue weighted by molar-refractivity contribution is 7.66. The molecule has 0 heterocycles. The summed E-state index contributed by atoms with van der Waals surface area (Å²) in [7, 11) is -2.03. The van der Waals surface area contributed by atoms with Crippen LogP contribution >= 0.6 is 7.14 Å². The van der Waals surface area contributed by atoms with Gasteiger partial charge in [0.05, 0.1) is 0 Å². The van der Waals surface area contributed by atoms with E-state index in [-0.39, 0.29) is 0 Å². The van der Waals surface area contributed by atoms with Gasteiger partial charge in [0.1, 0.15) is 7.14 Å². The van der Waals surface area contributed by atoms with E-state index < -0.39 is 7.14 Å². The van der Waals surface area contributed by atoms with Crippen LogP contribution in [0.15, 0.2) is 29.6 Å². The standard InChI is InChI=1S/C11H13OP/c1-13(2,12)11-7-9-5-3-4-6-10(9)8-11/h3-7H,8H2,1-2H3. The number of hydrogen-bond donors (Lipinski definition) is 0. The summed E-state index contributed by atoms with van der Waals surface area (Å²) < 4.78 is 11.8. The van der Waals surface area contributed by atoms with Crippen LogP contribution in [0.25, 0.3) is 6.08 Å². The number of allylic oxidation sites excluding steroid dienone is 1. The molecule has 0 radical (unpaired) electrons. The Bertz CT molecular complexity index is 412. The smallest absolute Gasteiger partial charge is 0.106 e. The Kier molecular flexibility index (Phi) is 1.92. The highest BCUT2D eigenvalue weighted by Gasteiger charge is 2.20. The quantitative estimate of drug-likeness (QED) is 0.624. The lowest BCUT2D eigenvalue weighted by Crippen LogP contribution is -1.84. The number of rotatable bonds is 1. The Morgan fingerprint density at radius 3 is 2.54 bits per heavy atom. The van der Waals surface area contributed by atoms with Crippen molar-refractivity contribution in [2.75, 3.05) is 13.3 Å². The van der Waals surface area contributed by atoms with Crippen molar-refractivity contribution in [1.82, 2.24) is 0 Å². The molecule has 0 aromatic heterocycles. The summed E-state index contributed by atoms with van der Waals surface area (Å²) in [5.41, 5.74) is 2.54. The van der Waals surface area contributed by atoms with Gasteiger partial charge in [-0.25, -0.2) is 0 Å². The van der Waals surface area contributed by atoms with Crippen molar-refractivity contribution in [2.24, 2.45) is 0 Å². The Labute approximate surface area is 78.9 Å². The van der Waals surface area contributed by atoms with Crippen LogP contribution in [-0.2, 0) is 11.0 Å². The van der Waals surface area contributed by atoms with Crippen LogP contribution < -0.4 is 0 Å². The molecule has 0 amide bonds. The van der Waals surface area contributed by atoms with Crippen molar-refractivity contribution in [1.29, 1.82) is 0 Å². The molecule has 68 valence electrons. The third-order valence-electron chi connectivity index (χ3n) is 2.44. The molecule has 0 N–H and O–H groups in total. The van der Waals surface area contributed by atoms with E-state index in [1.807, 2.05) is 25.5 Å². The first-order chi connectivity index (χ1) is 6.07. The summed E-state index contributed by atoms with van der Waals surface area (Å²) in [4.78, 5) is 0. The topological polar surface area (TPSA) is 17.1 Å². The van der Waals surface area contributed by atoms with Crippen molar-refractivity contribution in [3.63, 3.8) is 0 Å². The lowest BCUT2D eigenvalue weighted by molar-refractivity contribution is 0.586. The molecule has 1 aliphatic rings. The van der Waals surface area contributed by atoms with Gasteiger partial charge in [-0.2, -0.15) is 0 Å². The predicted octanol–water partition coefficient (Wildman–Crippen LogP) is 3.21. The van der Waals surface area contributed by atoms with Gasteiger partial charge in [0.2, 0.25) is 0 Å². The summed E-state index contributed by atoms with van der Waals surface area (Å²) in [6.07, 6.45) is 2.95. The molecule has 1 aliphatic carbocycles. The van der Waals surface area contributed by atoms with Gasteiger partial charge in [-0.1, -0.05) is 24.3 Å². The molecular weight excluding hydrogens is 179 g/mol. The zero-order chi connectivity index (χ0) is 9.47. The largest absolute Gasteiger partial charge is 0.320 e. The average molecular weight is 192 g/mol. The zero-order valence-electron chi connectivity index (χ0n) is 7.95. The minimum Gasteiger partial charge on any atom is -0.320 e. The zero-order valence-corrected chi connectivity index (χ0v) is 8.84. The van der Waals surface area contributed by atoms with Crippen LogP contribution in [0.1, 0.15) is 11.1 Å². The monoisotopic (exact) mass is 192 g/mol. The van der Waals surface area contributed by atoms with Gasteiger partial charge < -0.3 is 4.57 Å². The van der Waals surface area contributed by atoms with Gasteiger partial charge in [-0.05, 0) is 35.8 Å². The summed E-state index contributed by atoms with van der Waals surface area (Å²) in [6.45, 7) is 3.68. The Hall–Kier alpha value is -0.810. The van der Waals surface area contributed by atoms with E-state index in [0.29, 0.717) is 0 Å². The summed E-state index contributed by atoms with van der Waals surface area (Å²) in [6, 6.07) is 8.24. The van der Waals surface area contributed by atoms with Gasteiger partial charge in [0.15, 0.2) is 0 Å². The van der Waals surface area contributed by atoms with Crippen molar-refractivity contribution in [3.05, 3.63) is 40.7 Å². The number of fused-ring (bicyclic) bond motifs is 1. The van der Waals surface area contributed by atoms with E-state index >= 15 is 0 Å². The van der Waals surface area contributed by atoms with Gasteiger partial charge >= 0.3 is 0 Å². The van der Waals surface area contributed by atoms with Gasteiger partial charge in [0.25, 0.3) is 0 Å². The highest BCUT2D eigenvalue weighted by Crippen LogP contribution is 2.51. The van der Waals surface area contributed by atoms with Crippen LogP contribution in [0.3, 0.4) is 0 Å². The van der Waals surface area contributed by atoms with E-state index in [1.54, 1.807) is 0 Å². The van der Waals surface area contributed by atoms with E-state index in [0.717, 1.165) is 11.7 Å². The molecule has 1 aromatic rings. The average Bonchev–Trinajstić information content (AvgIpc) is 2.45. The van der Waals surface area contributed by atoms with Gasteiger partial charge in [-0.3, -0.25) is 0 Å². The fraction of sp³-hybridized carbons (Fsp3) is 0.273. The Balaban J connectivity index is 2.42. The Morgan fingerprint density at radius 1 is 1.23 bits per heavy atom. The number of hydrogen-bond acceptors (Lipinski definition) is 1. The maximum absolute atomic E-state index is 11.8. The van der Waals surface area contributed by atoms with Crippen molar-refractivity contribution >= 4 is 13.2 Å². The molecule has 1 aromatic carbocycles. The van der Waals surface area contributed by atoms with E-state index in [1.165, 1.54) is 11.1 Å². The molecule has 2 heteroatoms. The maximum Gasteiger partial charge on any atom is 0.106 e. The fourth-order valence-corrected chi connectivity index (χ4v) is 2.61.